The van der Waals surface area contributed by atoms with Crippen molar-refractivity contribution in [2.45, 2.75) is 24.5 Å². The van der Waals surface area contributed by atoms with Gasteiger partial charge in [0.25, 0.3) is 11.8 Å². The molecule has 8 rings (SSSR count). The number of nitriles is 2. The topological polar surface area (TPSA) is 129 Å². The van der Waals surface area contributed by atoms with Crippen molar-refractivity contribution in [3.8, 4) is 12.1 Å². The number of hydrogen-bond donors (Lipinski definition) is 2. The predicted octanol–water partition coefficient (Wildman–Crippen LogP) is 9.43. The van der Waals surface area contributed by atoms with Gasteiger partial charge in [0.1, 0.15) is 0 Å². The largest absolute Gasteiger partial charge is 0.363 e. The van der Waals surface area contributed by atoms with Crippen LogP contribution < -0.4 is 0 Å². The number of rotatable bonds is 6. The van der Waals surface area contributed by atoms with Crippen molar-refractivity contribution in [2.24, 2.45) is 0 Å². The van der Waals surface area contributed by atoms with E-state index >= 15 is 0 Å². The second kappa shape index (κ2) is 15.5. The van der Waals surface area contributed by atoms with Crippen LogP contribution in [-0.2, 0) is 24.5 Å². The van der Waals surface area contributed by atoms with E-state index in [0.717, 1.165) is 11.1 Å². The summed E-state index contributed by atoms with van der Waals surface area (Å²) in [5.41, 5.74) is 1.64. The van der Waals surface area contributed by atoms with E-state index in [1.165, 1.54) is 9.80 Å². The molecule has 276 valence electrons. The lowest BCUT2D eigenvalue weighted by Crippen LogP contribution is -2.44. The van der Waals surface area contributed by atoms with Crippen LogP contribution in [0, 0.1) is 22.7 Å². The highest BCUT2D eigenvalue weighted by Crippen LogP contribution is 2.47. The minimum Gasteiger partial charge on any atom is -0.363 e. The molecule has 0 aromatic heterocycles. The highest BCUT2D eigenvalue weighted by atomic mass is 35.5. The minimum absolute atomic E-state index is 0.147. The average molecular weight is 819 g/mol. The normalized spacial score (nSPS) is 18.1. The lowest BCUT2D eigenvalue weighted by Gasteiger charge is -2.35. The van der Waals surface area contributed by atoms with Gasteiger partial charge in [-0.3, -0.25) is 19.4 Å². The number of hydrogen-bond acceptors (Lipinski definition) is 6. The Kier molecular flexibility index (Phi) is 10.6. The molecule has 0 spiro atoms. The van der Waals surface area contributed by atoms with Crippen LogP contribution in [0.15, 0.2) is 133 Å². The minimum atomic E-state index is -1.73. The Hall–Kier alpha value is -5.68. The van der Waals surface area contributed by atoms with Gasteiger partial charge in [0.05, 0.1) is 33.9 Å². The Balaban J connectivity index is 0.000000172. The van der Waals surface area contributed by atoms with E-state index in [9.17, 15) is 19.8 Å². The third kappa shape index (κ3) is 6.78. The lowest BCUT2D eigenvalue weighted by atomic mass is 9.93. The van der Waals surface area contributed by atoms with Crippen LogP contribution in [0.2, 0.25) is 20.1 Å². The third-order valence-electron chi connectivity index (χ3n) is 9.81. The molecule has 6 aromatic rings. The molecule has 56 heavy (non-hydrogen) atoms. The van der Waals surface area contributed by atoms with Gasteiger partial charge in [-0.25, -0.2) is 0 Å². The number of halogens is 4. The zero-order valence-corrected chi connectivity index (χ0v) is 32.2. The molecule has 12 heteroatoms. The Morgan fingerprint density at radius 3 is 1.48 bits per heavy atom. The highest BCUT2D eigenvalue weighted by Gasteiger charge is 2.52. The number of fused-ring (bicyclic) bond motifs is 2. The van der Waals surface area contributed by atoms with E-state index in [1.54, 1.807) is 133 Å². The third-order valence-corrected chi connectivity index (χ3v) is 10.9. The standard InChI is InChI=1S/2C22H14Cl2N2O2/c23-17-10-8-16(9-11-17)22(28)18-2-1-3-19(24)20(18)21(27)26(22)13-15-6-4-14(12-25)5-7-15;23-17-10-8-16(9-11-17)22(28)20-18(2-1-3-19(20)24)21(27)26(22)13-15-6-4-14(12-25)5-7-15/h2*1-11,28H,13H2. The SMILES string of the molecule is N#Cc1ccc(CN2C(=O)c3c(Cl)cccc3C2(O)c2ccc(Cl)cc2)cc1.N#Cc1ccc(CN2C(=O)c3cccc(Cl)c3C2(O)c2ccc(Cl)cc2)cc1. The maximum atomic E-state index is 13.2. The van der Waals surface area contributed by atoms with E-state index in [1.807, 2.05) is 0 Å². The molecule has 0 saturated carbocycles. The quantitative estimate of drug-likeness (QED) is 0.172. The van der Waals surface area contributed by atoms with Gasteiger partial charge >= 0.3 is 0 Å². The van der Waals surface area contributed by atoms with Gasteiger partial charge in [0.15, 0.2) is 11.4 Å². The molecule has 0 radical (unpaired) electrons. The van der Waals surface area contributed by atoms with Crippen molar-refractivity contribution in [1.29, 1.82) is 10.5 Å². The second-order valence-corrected chi connectivity index (χ2v) is 14.8. The van der Waals surface area contributed by atoms with Gasteiger partial charge in [0.2, 0.25) is 0 Å². The fraction of sp³-hybridized carbons (Fsp3) is 0.0909. The summed E-state index contributed by atoms with van der Waals surface area (Å²) in [4.78, 5) is 29.1. The van der Waals surface area contributed by atoms with Gasteiger partial charge in [-0.2, -0.15) is 10.5 Å². The number of nitrogens with zero attached hydrogens (tertiary/aromatic N) is 4. The van der Waals surface area contributed by atoms with Crippen molar-refractivity contribution in [2.75, 3.05) is 0 Å². The molecule has 2 aliphatic rings. The highest BCUT2D eigenvalue weighted by molar-refractivity contribution is 6.34. The summed E-state index contributed by atoms with van der Waals surface area (Å²) in [6.07, 6.45) is 0. The van der Waals surface area contributed by atoms with Crippen LogP contribution in [-0.4, -0.2) is 31.8 Å². The second-order valence-electron chi connectivity index (χ2n) is 13.1. The van der Waals surface area contributed by atoms with E-state index in [0.29, 0.717) is 54.0 Å². The van der Waals surface area contributed by atoms with E-state index in [-0.39, 0.29) is 35.5 Å². The van der Waals surface area contributed by atoms with E-state index in [4.69, 9.17) is 56.9 Å². The van der Waals surface area contributed by atoms with Gasteiger partial charge in [0, 0.05) is 56.0 Å². The maximum absolute atomic E-state index is 13.2. The molecule has 8 nitrogen and oxygen atoms in total. The van der Waals surface area contributed by atoms with Crippen molar-refractivity contribution < 1.29 is 19.8 Å². The summed E-state index contributed by atoms with van der Waals surface area (Å²) in [6.45, 7) is 0.295. The molecule has 2 unspecified atom stereocenters. The average Bonchev–Trinajstić information content (AvgIpc) is 3.57. The van der Waals surface area contributed by atoms with Crippen molar-refractivity contribution in [1.82, 2.24) is 9.80 Å². The number of amides is 2. The van der Waals surface area contributed by atoms with Crippen LogP contribution in [0.3, 0.4) is 0 Å². The number of benzene rings is 6. The van der Waals surface area contributed by atoms with Crippen LogP contribution >= 0.6 is 46.4 Å². The van der Waals surface area contributed by atoms with Crippen LogP contribution in [0.5, 0.6) is 0 Å². The fourth-order valence-electron chi connectivity index (χ4n) is 7.03. The molecule has 2 amide bonds. The lowest BCUT2D eigenvalue weighted by molar-refractivity contribution is -0.0548. The predicted molar refractivity (Wildman–Crippen MR) is 214 cm³/mol. The first-order chi connectivity index (χ1) is 26.9. The summed E-state index contributed by atoms with van der Waals surface area (Å²) in [5, 5.41) is 43.2. The maximum Gasteiger partial charge on any atom is 0.258 e. The van der Waals surface area contributed by atoms with Gasteiger partial charge in [-0.15, -0.1) is 0 Å². The van der Waals surface area contributed by atoms with Gasteiger partial charge < -0.3 is 10.2 Å². The Labute approximate surface area is 342 Å². The Bertz CT molecular complexity index is 2510. The van der Waals surface area contributed by atoms with Crippen LogP contribution in [0.4, 0.5) is 0 Å². The van der Waals surface area contributed by atoms with Gasteiger partial charge in [-0.1, -0.05) is 113 Å². The zero-order chi connectivity index (χ0) is 39.8. The number of carbonyl (C=O) groups excluding carboxylic acids is 2. The molecule has 2 aliphatic heterocycles. The first-order valence-electron chi connectivity index (χ1n) is 17.1. The Morgan fingerprint density at radius 1 is 0.536 bits per heavy atom. The molecule has 2 N–H and O–H groups in total. The Morgan fingerprint density at radius 2 is 0.982 bits per heavy atom. The summed E-state index contributed by atoms with van der Waals surface area (Å²) in [5.74, 6) is -0.679. The van der Waals surface area contributed by atoms with Crippen molar-refractivity contribution in [3.63, 3.8) is 0 Å². The van der Waals surface area contributed by atoms with Crippen molar-refractivity contribution in [3.05, 3.63) is 209 Å². The van der Waals surface area contributed by atoms with Gasteiger partial charge in [-0.05, 0) is 77.9 Å². The summed E-state index contributed by atoms with van der Waals surface area (Å²) >= 11 is 24.7. The van der Waals surface area contributed by atoms with E-state index in [2.05, 4.69) is 12.1 Å². The molecule has 0 saturated heterocycles. The summed E-state index contributed by atoms with van der Waals surface area (Å²) in [6, 6.07) is 41.3. The molecular weight excluding hydrogens is 790 g/mol. The molecule has 0 bridgehead atoms. The zero-order valence-electron chi connectivity index (χ0n) is 29.1. The fourth-order valence-corrected chi connectivity index (χ4v) is 7.84. The first-order valence-corrected chi connectivity index (χ1v) is 18.6. The molecule has 2 heterocycles. The van der Waals surface area contributed by atoms with Crippen molar-refractivity contribution >= 4 is 58.2 Å². The number of aliphatic hydroxyl groups is 2. The molecule has 0 aliphatic carbocycles. The van der Waals surface area contributed by atoms with E-state index < -0.39 is 11.4 Å². The molecule has 6 aromatic carbocycles. The van der Waals surface area contributed by atoms with Crippen LogP contribution in [0.1, 0.15) is 65.2 Å². The monoisotopic (exact) mass is 816 g/mol. The smallest absolute Gasteiger partial charge is 0.258 e. The molecular formula is C44H28Cl4N4O4. The number of carbonyl (C=O) groups is 2. The molecule has 2 atom stereocenters. The van der Waals surface area contributed by atoms with Crippen LogP contribution in [0.25, 0.3) is 0 Å². The molecule has 0 fully saturated rings. The summed E-state index contributed by atoms with van der Waals surface area (Å²) < 4.78 is 0. The first kappa shape index (κ1) is 38.6. The summed E-state index contributed by atoms with van der Waals surface area (Å²) in [7, 11) is 0.